The second-order valence-corrected chi connectivity index (χ2v) is 17.9. The van der Waals surface area contributed by atoms with E-state index in [1.165, 1.54) is 5.56 Å². The van der Waals surface area contributed by atoms with Crippen LogP contribution in [0.5, 0.6) is 0 Å². The van der Waals surface area contributed by atoms with Crippen LogP contribution in [-0.4, -0.2) is 60.5 Å². The zero-order valence-electron chi connectivity index (χ0n) is 45.2. The van der Waals surface area contributed by atoms with E-state index in [2.05, 4.69) is 84.6 Å². The Hall–Kier alpha value is -11.1. The third-order valence-corrected chi connectivity index (χ3v) is 11.8. The van der Waals surface area contributed by atoms with E-state index in [1.807, 2.05) is 127 Å². The van der Waals surface area contributed by atoms with Gasteiger partial charge in [0.15, 0.2) is 0 Å². The minimum absolute atomic E-state index is 0.295. The number of nitriles is 2. The Balaban J connectivity index is 0.000000208. The molecule has 16 nitrogen and oxygen atoms in total. The maximum Gasteiger partial charge on any atom is 0.323 e. The summed E-state index contributed by atoms with van der Waals surface area (Å²) in [5.74, 6) is 3.49. The fourth-order valence-electron chi connectivity index (χ4n) is 7.78. The van der Waals surface area contributed by atoms with Crippen LogP contribution in [0, 0.1) is 39.4 Å². The average molecular weight is 1080 g/mol. The molecule has 0 aliphatic carbocycles. The molecule has 0 spiro atoms. The van der Waals surface area contributed by atoms with Gasteiger partial charge in [0.05, 0.1) is 23.3 Å². The van der Waals surface area contributed by atoms with Gasteiger partial charge < -0.3 is 47.9 Å². The van der Waals surface area contributed by atoms with Gasteiger partial charge in [-0.1, -0.05) is 121 Å². The van der Waals surface area contributed by atoms with E-state index in [4.69, 9.17) is 27.1 Å². The van der Waals surface area contributed by atoms with Crippen molar-refractivity contribution in [1.29, 1.82) is 21.3 Å². The fraction of sp³-hybridized carbons (Fsp3) is 0.123. The number of nitrogens with one attached hydrogen (secondary N) is 8. The topological polar surface area (TPSA) is 260 Å². The molecule has 1 aliphatic rings. The molecule has 10 N–H and O–H groups in total. The highest BCUT2D eigenvalue weighted by Gasteiger charge is 2.22. The minimum atomic E-state index is -0.337. The summed E-state index contributed by atoms with van der Waals surface area (Å²) in [5, 5.41) is 49.8. The van der Waals surface area contributed by atoms with Gasteiger partial charge in [-0.05, 0) is 153 Å². The Bertz CT molecular complexity index is 3420. The van der Waals surface area contributed by atoms with E-state index < -0.39 is 0 Å². The highest BCUT2D eigenvalue weighted by Crippen LogP contribution is 2.24. The predicted octanol–water partition coefficient (Wildman–Crippen LogP) is 14.1. The summed E-state index contributed by atoms with van der Waals surface area (Å²) in [6.45, 7) is 6.68. The molecular weight excluding hydrogens is 1010 g/mol. The summed E-state index contributed by atoms with van der Waals surface area (Å²) in [5.41, 5.74) is 14.7. The smallest absolute Gasteiger partial charge is 0.323 e. The number of piperidine rings is 1. The number of nitrogens with two attached hydrogens (primary N) is 1. The van der Waals surface area contributed by atoms with E-state index in [9.17, 15) is 14.4 Å². The summed E-state index contributed by atoms with van der Waals surface area (Å²) >= 11 is 0. The molecular formula is C65H65N13O3. The molecule has 8 aromatic rings. The first-order valence-electron chi connectivity index (χ1n) is 25.7. The van der Waals surface area contributed by atoms with Crippen LogP contribution in [0.2, 0.25) is 0 Å². The number of amides is 6. The standard InChI is InChI=1S/C26H28N4O.C15H15N3O.C14H11N3O.C7H6N2.C3H5N/c27-25(30-16-14-21(15-17-30)18-20-8-3-1-4-9-20)22-10-7-13-24(19-22)29-26(31)28-23-11-5-2-6-12-23;1-11(16)12-6-5-9-14(10-12)18-15(19)17-13-7-3-2-4-8-13;15-10-11-5-4-8-13(9-11)17-14(18)16-12-6-2-1-3-7-12;8-5-6-2-1-3-7(9)4-6;1-3-4-2/h1-13,19,21,27H,14-18H2,(H2,28,29,31);2-10,16H,1H3,(H2,17,18,19);1-9H,(H2,16,17,18);1-4H,9H2;1H2,2H3. The van der Waals surface area contributed by atoms with Gasteiger partial charge in [0, 0.05) is 71.2 Å². The molecule has 408 valence electrons. The van der Waals surface area contributed by atoms with E-state index >= 15 is 0 Å². The molecule has 1 aliphatic heterocycles. The number of carbonyl (C=O) groups excluding carboxylic acids is 3. The van der Waals surface area contributed by atoms with Crippen molar-refractivity contribution in [3.05, 3.63) is 253 Å². The molecule has 0 bridgehead atoms. The number of hydrogen-bond donors (Lipinski definition) is 9. The van der Waals surface area contributed by atoms with E-state index in [0.29, 0.717) is 57.0 Å². The van der Waals surface area contributed by atoms with E-state index in [0.717, 1.165) is 54.9 Å². The van der Waals surface area contributed by atoms with Crippen molar-refractivity contribution in [1.82, 2.24) is 4.90 Å². The second-order valence-electron chi connectivity index (χ2n) is 17.9. The lowest BCUT2D eigenvalue weighted by molar-refractivity contribution is 0.261. The van der Waals surface area contributed by atoms with Gasteiger partial charge >= 0.3 is 18.1 Å². The number of nitrogen functional groups attached to an aromatic ring is 1. The number of rotatable bonds is 10. The molecule has 1 saturated heterocycles. The lowest BCUT2D eigenvalue weighted by atomic mass is 9.90. The third kappa shape index (κ3) is 23.0. The molecule has 1 fully saturated rings. The number of hydrogen-bond acceptors (Lipinski definition) is 9. The Morgan fingerprint density at radius 1 is 0.531 bits per heavy atom. The van der Waals surface area contributed by atoms with Gasteiger partial charge in [-0.2, -0.15) is 10.5 Å². The van der Waals surface area contributed by atoms with Gasteiger partial charge in [-0.3, -0.25) is 5.41 Å². The van der Waals surface area contributed by atoms with Crippen LogP contribution in [0.15, 0.2) is 230 Å². The van der Waals surface area contributed by atoms with Crippen LogP contribution in [0.4, 0.5) is 54.2 Å². The van der Waals surface area contributed by atoms with Crippen LogP contribution in [0.3, 0.4) is 0 Å². The average Bonchev–Trinajstić information content (AvgIpc) is 3.49. The fourth-order valence-corrected chi connectivity index (χ4v) is 7.78. The van der Waals surface area contributed by atoms with Crippen molar-refractivity contribution in [3.63, 3.8) is 0 Å². The molecule has 16 heteroatoms. The highest BCUT2D eigenvalue weighted by molar-refractivity contribution is 6.03. The molecule has 9 rings (SSSR count). The first kappa shape index (κ1) is 60.8. The van der Waals surface area contributed by atoms with Gasteiger partial charge in [0.2, 0.25) is 0 Å². The monoisotopic (exact) mass is 1080 g/mol. The Labute approximate surface area is 473 Å². The van der Waals surface area contributed by atoms with Gasteiger partial charge in [-0.15, -0.1) is 0 Å². The molecule has 0 atom stereocenters. The molecule has 0 aromatic heterocycles. The summed E-state index contributed by atoms with van der Waals surface area (Å²) in [6.07, 6.45) is 3.29. The number of carbonyl (C=O) groups is 3. The molecule has 0 radical (unpaired) electrons. The SMILES string of the molecule is C=C=NC.CC(=N)c1cccc(NC(=O)Nc2ccccc2)c1.N#Cc1cccc(N)c1.N#Cc1cccc(NC(=O)Nc2ccccc2)c1.N=C(c1cccc(NC(=O)Nc2ccccc2)c1)N1CCC(Cc2ccccc2)CC1. The van der Waals surface area contributed by atoms with Crippen molar-refractivity contribution in [2.24, 2.45) is 10.9 Å². The van der Waals surface area contributed by atoms with E-state index in [-0.39, 0.29) is 18.1 Å². The normalized spacial score (nSPS) is 10.9. The molecule has 0 unspecified atom stereocenters. The first-order valence-corrected chi connectivity index (χ1v) is 25.7. The van der Waals surface area contributed by atoms with Crippen molar-refractivity contribution in [3.8, 4) is 12.1 Å². The summed E-state index contributed by atoms with van der Waals surface area (Å²) in [7, 11) is 1.63. The summed E-state index contributed by atoms with van der Waals surface area (Å²) in [4.78, 5) is 41.2. The number of benzene rings is 8. The number of urea groups is 3. The molecule has 1 heterocycles. The van der Waals surface area contributed by atoms with Crippen LogP contribution in [0.25, 0.3) is 0 Å². The summed E-state index contributed by atoms with van der Waals surface area (Å²) < 4.78 is 0. The Morgan fingerprint density at radius 2 is 0.889 bits per heavy atom. The molecule has 8 aromatic carbocycles. The largest absolute Gasteiger partial charge is 0.399 e. The molecule has 81 heavy (non-hydrogen) atoms. The van der Waals surface area contributed by atoms with Crippen molar-refractivity contribution in [2.45, 2.75) is 26.2 Å². The van der Waals surface area contributed by atoms with Crippen LogP contribution < -0.4 is 37.6 Å². The van der Waals surface area contributed by atoms with Crippen molar-refractivity contribution < 1.29 is 14.4 Å². The zero-order valence-corrected chi connectivity index (χ0v) is 45.2. The number of aliphatic imine (C=N–C) groups is 1. The number of para-hydroxylation sites is 3. The number of likely N-dealkylation sites (tertiary alicyclic amines) is 1. The number of amidine groups is 1. The maximum absolute atomic E-state index is 12.3. The molecule has 0 saturated carbocycles. The van der Waals surface area contributed by atoms with E-state index in [1.54, 1.807) is 86.8 Å². The number of anilines is 7. The Morgan fingerprint density at radius 3 is 1.30 bits per heavy atom. The first-order chi connectivity index (χ1) is 39.3. The maximum atomic E-state index is 12.3. The summed E-state index contributed by atoms with van der Waals surface area (Å²) in [6, 6.07) is 69.8. The second kappa shape index (κ2) is 33.9. The van der Waals surface area contributed by atoms with Gasteiger partial charge in [0.1, 0.15) is 5.84 Å². The Kier molecular flexibility index (Phi) is 25.4. The third-order valence-electron chi connectivity index (χ3n) is 11.8. The van der Waals surface area contributed by atoms with Gasteiger partial charge in [-0.25, -0.2) is 19.4 Å². The number of nitrogens with zero attached hydrogens (tertiary/aromatic N) is 4. The quantitative estimate of drug-likeness (QED) is 0.0363. The predicted molar refractivity (Wildman–Crippen MR) is 330 cm³/mol. The molecule has 6 amide bonds. The van der Waals surface area contributed by atoms with Gasteiger partial charge in [0.25, 0.3) is 0 Å². The zero-order chi connectivity index (χ0) is 58.0. The highest BCUT2D eigenvalue weighted by atomic mass is 16.2. The van der Waals surface area contributed by atoms with Crippen LogP contribution in [-0.2, 0) is 6.42 Å². The lowest BCUT2D eigenvalue weighted by Gasteiger charge is -2.34. The lowest BCUT2D eigenvalue weighted by Crippen LogP contribution is -2.39. The van der Waals surface area contributed by atoms with Crippen molar-refractivity contribution in [2.75, 3.05) is 57.8 Å². The minimum Gasteiger partial charge on any atom is -0.399 e. The van der Waals surface area contributed by atoms with Crippen LogP contribution in [0.1, 0.15) is 47.6 Å². The van der Waals surface area contributed by atoms with Crippen molar-refractivity contribution >= 4 is 75.3 Å². The van der Waals surface area contributed by atoms with Crippen LogP contribution >= 0.6 is 0 Å².